The van der Waals surface area contributed by atoms with Crippen LogP contribution in [0.5, 0.6) is 0 Å². The van der Waals surface area contributed by atoms with Crippen LogP contribution in [0.1, 0.15) is 12.5 Å². The number of carboxylic acids is 1. The van der Waals surface area contributed by atoms with Gasteiger partial charge < -0.3 is 10.0 Å². The summed E-state index contributed by atoms with van der Waals surface area (Å²) in [5.41, 5.74) is 1.66. The van der Waals surface area contributed by atoms with E-state index in [9.17, 15) is 4.79 Å². The van der Waals surface area contributed by atoms with Gasteiger partial charge in [0, 0.05) is 35.9 Å². The van der Waals surface area contributed by atoms with Crippen LogP contribution in [0.15, 0.2) is 24.3 Å². The van der Waals surface area contributed by atoms with Gasteiger partial charge in [-0.1, -0.05) is 17.7 Å². The Hall–Kier alpha value is -1.48. The van der Waals surface area contributed by atoms with Crippen LogP contribution < -0.4 is 4.90 Å². The molecule has 0 saturated carbocycles. The summed E-state index contributed by atoms with van der Waals surface area (Å²) >= 11 is 6.04. The molecular weight excluding hydrogens is 226 g/mol. The van der Waals surface area contributed by atoms with Crippen LogP contribution >= 0.6 is 11.6 Å². The van der Waals surface area contributed by atoms with Gasteiger partial charge in [0.2, 0.25) is 0 Å². The molecule has 0 unspecified atom stereocenters. The van der Waals surface area contributed by atoms with Crippen molar-refractivity contribution in [2.24, 2.45) is 0 Å². The summed E-state index contributed by atoms with van der Waals surface area (Å²) in [4.78, 5) is 12.5. The van der Waals surface area contributed by atoms with E-state index in [0.29, 0.717) is 5.02 Å². The summed E-state index contributed by atoms with van der Waals surface area (Å²) in [7, 11) is 1.93. The molecule has 0 atom stereocenters. The highest BCUT2D eigenvalue weighted by molar-refractivity contribution is 6.32. The molecule has 0 saturated heterocycles. The average molecular weight is 240 g/mol. The van der Waals surface area contributed by atoms with E-state index in [0.717, 1.165) is 23.9 Å². The molecule has 3 nitrogen and oxygen atoms in total. The summed E-state index contributed by atoms with van der Waals surface area (Å²) in [6.07, 6.45) is 2.61. The summed E-state index contributed by atoms with van der Waals surface area (Å²) in [6, 6.07) is 5.51. The molecule has 16 heavy (non-hydrogen) atoms. The number of halogens is 1. The molecule has 0 aliphatic carbocycles. The van der Waals surface area contributed by atoms with Gasteiger partial charge in [-0.15, -0.1) is 0 Å². The Bertz CT molecular complexity index is 415. The predicted molar refractivity (Wildman–Crippen MR) is 67.1 cm³/mol. The SMILES string of the molecule is CCN(C)c1cccc(Cl)c1/C=C/C(=O)O. The van der Waals surface area contributed by atoms with Gasteiger partial charge in [-0.3, -0.25) is 0 Å². The minimum atomic E-state index is -0.981. The molecule has 0 amide bonds. The summed E-state index contributed by atoms with van der Waals surface area (Å²) in [5, 5.41) is 9.16. The number of aliphatic carboxylic acids is 1. The minimum Gasteiger partial charge on any atom is -0.478 e. The molecular formula is C12H14ClNO2. The maximum Gasteiger partial charge on any atom is 0.328 e. The number of carboxylic acid groups (broad SMARTS) is 1. The van der Waals surface area contributed by atoms with E-state index in [-0.39, 0.29) is 0 Å². The predicted octanol–water partition coefficient (Wildman–Crippen LogP) is 2.89. The van der Waals surface area contributed by atoms with E-state index in [2.05, 4.69) is 0 Å². The van der Waals surface area contributed by atoms with Crippen molar-refractivity contribution >= 4 is 29.3 Å². The lowest BCUT2D eigenvalue weighted by Gasteiger charge is -2.20. The fraction of sp³-hybridized carbons (Fsp3) is 0.250. The number of benzene rings is 1. The topological polar surface area (TPSA) is 40.5 Å². The van der Waals surface area contributed by atoms with Crippen molar-refractivity contribution in [3.8, 4) is 0 Å². The van der Waals surface area contributed by atoms with Crippen LogP contribution in [0.3, 0.4) is 0 Å². The van der Waals surface area contributed by atoms with Crippen LogP contribution in [0.25, 0.3) is 6.08 Å². The molecule has 1 N–H and O–H groups in total. The first-order valence-corrected chi connectivity index (χ1v) is 5.34. The number of rotatable bonds is 4. The quantitative estimate of drug-likeness (QED) is 0.822. The molecule has 0 spiro atoms. The third kappa shape index (κ3) is 3.00. The van der Waals surface area contributed by atoms with Crippen LogP contribution in [0, 0.1) is 0 Å². The zero-order valence-corrected chi connectivity index (χ0v) is 10.0. The number of hydrogen-bond acceptors (Lipinski definition) is 2. The lowest BCUT2D eigenvalue weighted by atomic mass is 10.1. The normalized spacial score (nSPS) is 10.7. The van der Waals surface area contributed by atoms with Crippen molar-refractivity contribution in [1.29, 1.82) is 0 Å². The van der Waals surface area contributed by atoms with Gasteiger partial charge in [-0.25, -0.2) is 4.79 Å². The van der Waals surface area contributed by atoms with Crippen LogP contribution in [-0.4, -0.2) is 24.7 Å². The van der Waals surface area contributed by atoms with Crippen LogP contribution in [0.4, 0.5) is 5.69 Å². The molecule has 0 radical (unpaired) electrons. The first-order valence-electron chi connectivity index (χ1n) is 4.97. The van der Waals surface area contributed by atoms with Gasteiger partial charge in [-0.2, -0.15) is 0 Å². The van der Waals surface area contributed by atoms with Crippen molar-refractivity contribution < 1.29 is 9.90 Å². The Kier molecular flexibility index (Phi) is 4.38. The third-order valence-corrected chi connectivity index (χ3v) is 2.64. The first kappa shape index (κ1) is 12.6. The summed E-state index contributed by atoms with van der Waals surface area (Å²) in [5.74, 6) is -0.981. The lowest BCUT2D eigenvalue weighted by molar-refractivity contribution is -0.131. The Morgan fingerprint density at radius 1 is 1.56 bits per heavy atom. The molecule has 4 heteroatoms. The van der Waals surface area contributed by atoms with E-state index in [1.165, 1.54) is 6.08 Å². The molecule has 0 fully saturated rings. The second-order valence-electron chi connectivity index (χ2n) is 3.36. The molecule has 0 bridgehead atoms. The van der Waals surface area contributed by atoms with Crippen molar-refractivity contribution in [2.75, 3.05) is 18.5 Å². The molecule has 0 heterocycles. The molecule has 0 aliphatic rings. The zero-order chi connectivity index (χ0) is 12.1. The van der Waals surface area contributed by atoms with E-state index in [1.54, 1.807) is 6.07 Å². The van der Waals surface area contributed by atoms with Gasteiger partial charge in [0.1, 0.15) is 0 Å². The lowest BCUT2D eigenvalue weighted by Crippen LogP contribution is -2.16. The highest BCUT2D eigenvalue weighted by atomic mass is 35.5. The molecule has 0 aromatic heterocycles. The number of carbonyl (C=O) groups is 1. The number of nitrogens with zero attached hydrogens (tertiary/aromatic N) is 1. The van der Waals surface area contributed by atoms with Crippen molar-refractivity contribution in [2.45, 2.75) is 6.92 Å². The molecule has 1 aromatic carbocycles. The second-order valence-corrected chi connectivity index (χ2v) is 3.77. The maximum absolute atomic E-state index is 10.5. The fourth-order valence-electron chi connectivity index (χ4n) is 1.35. The Morgan fingerprint density at radius 2 is 2.25 bits per heavy atom. The summed E-state index contributed by atoms with van der Waals surface area (Å²) < 4.78 is 0. The van der Waals surface area contributed by atoms with Crippen LogP contribution in [0.2, 0.25) is 5.02 Å². The number of anilines is 1. The minimum absolute atomic E-state index is 0.551. The van der Waals surface area contributed by atoms with E-state index in [1.807, 2.05) is 31.0 Å². The van der Waals surface area contributed by atoms with Crippen LogP contribution in [-0.2, 0) is 4.79 Å². The van der Waals surface area contributed by atoms with Crippen molar-refractivity contribution in [3.63, 3.8) is 0 Å². The van der Waals surface area contributed by atoms with Crippen molar-refractivity contribution in [1.82, 2.24) is 0 Å². The molecule has 1 rings (SSSR count). The highest BCUT2D eigenvalue weighted by Gasteiger charge is 2.07. The Balaban J connectivity index is 3.18. The highest BCUT2D eigenvalue weighted by Crippen LogP contribution is 2.28. The van der Waals surface area contributed by atoms with Gasteiger partial charge in [0.25, 0.3) is 0 Å². The van der Waals surface area contributed by atoms with Gasteiger partial charge in [0.05, 0.1) is 0 Å². The largest absolute Gasteiger partial charge is 0.478 e. The molecule has 1 aromatic rings. The average Bonchev–Trinajstić information content (AvgIpc) is 2.25. The van der Waals surface area contributed by atoms with E-state index < -0.39 is 5.97 Å². The smallest absolute Gasteiger partial charge is 0.328 e. The zero-order valence-electron chi connectivity index (χ0n) is 9.27. The maximum atomic E-state index is 10.5. The Morgan fingerprint density at radius 3 is 2.81 bits per heavy atom. The van der Waals surface area contributed by atoms with Gasteiger partial charge >= 0.3 is 5.97 Å². The molecule has 0 aliphatic heterocycles. The van der Waals surface area contributed by atoms with Crippen molar-refractivity contribution in [3.05, 3.63) is 34.9 Å². The fourth-order valence-corrected chi connectivity index (χ4v) is 1.58. The van der Waals surface area contributed by atoms with E-state index >= 15 is 0 Å². The Labute approximate surface area is 100.0 Å². The first-order chi connectivity index (χ1) is 7.56. The monoisotopic (exact) mass is 239 g/mol. The summed E-state index contributed by atoms with van der Waals surface area (Å²) in [6.45, 7) is 2.85. The standard InChI is InChI=1S/C12H14ClNO2/c1-3-14(2)11-6-4-5-10(13)9(11)7-8-12(15)16/h4-8H,3H2,1-2H3,(H,15,16)/b8-7+. The third-order valence-electron chi connectivity index (χ3n) is 2.31. The van der Waals surface area contributed by atoms with E-state index in [4.69, 9.17) is 16.7 Å². The van der Waals surface area contributed by atoms with Gasteiger partial charge in [0.15, 0.2) is 0 Å². The molecule has 86 valence electrons. The van der Waals surface area contributed by atoms with Gasteiger partial charge in [-0.05, 0) is 25.1 Å². The number of hydrogen-bond donors (Lipinski definition) is 1. The second kappa shape index (κ2) is 5.56.